The van der Waals surface area contributed by atoms with E-state index in [0.717, 1.165) is 15.8 Å². The molecular formula is C24H23FN6O3. The molecule has 3 heterocycles. The first-order chi connectivity index (χ1) is 16.5. The number of fused-ring (bicyclic) bond motifs is 1. The Morgan fingerprint density at radius 3 is 2.56 bits per heavy atom. The van der Waals surface area contributed by atoms with Gasteiger partial charge in [-0.25, -0.2) is 28.5 Å². The number of hydrogen-bond acceptors (Lipinski definition) is 6. The van der Waals surface area contributed by atoms with Crippen molar-refractivity contribution in [3.63, 3.8) is 0 Å². The Labute approximate surface area is 194 Å². The van der Waals surface area contributed by atoms with Gasteiger partial charge in [0.1, 0.15) is 17.1 Å². The maximum absolute atomic E-state index is 13.6. The second-order valence-corrected chi connectivity index (χ2v) is 8.05. The topological polar surface area (TPSA) is 85.5 Å². The molecule has 0 N–H and O–H groups in total. The van der Waals surface area contributed by atoms with Gasteiger partial charge in [0.2, 0.25) is 0 Å². The van der Waals surface area contributed by atoms with Crippen molar-refractivity contribution in [2.45, 2.75) is 0 Å². The quantitative estimate of drug-likeness (QED) is 0.466. The van der Waals surface area contributed by atoms with E-state index >= 15 is 0 Å². The molecule has 0 unspecified atom stereocenters. The summed E-state index contributed by atoms with van der Waals surface area (Å²) in [6.45, 7) is 1.87. The number of anilines is 1. The van der Waals surface area contributed by atoms with Crippen molar-refractivity contribution >= 4 is 22.9 Å². The van der Waals surface area contributed by atoms with E-state index in [1.54, 1.807) is 31.2 Å². The van der Waals surface area contributed by atoms with Crippen LogP contribution in [0.15, 0.2) is 59.5 Å². The van der Waals surface area contributed by atoms with Gasteiger partial charge in [-0.3, -0.25) is 4.57 Å². The summed E-state index contributed by atoms with van der Waals surface area (Å²) >= 11 is 0. The Hall–Kier alpha value is -4.21. The molecule has 0 radical (unpaired) electrons. The fraction of sp³-hybridized carbons (Fsp3) is 0.250. The number of ether oxygens (including phenoxy) is 1. The summed E-state index contributed by atoms with van der Waals surface area (Å²) in [5.41, 5.74) is 1.74. The second-order valence-electron chi connectivity index (χ2n) is 8.05. The van der Waals surface area contributed by atoms with Gasteiger partial charge in [-0.2, -0.15) is 0 Å². The average Bonchev–Trinajstić information content (AvgIpc) is 3.13. The van der Waals surface area contributed by atoms with Gasteiger partial charge in [0.15, 0.2) is 11.5 Å². The summed E-state index contributed by atoms with van der Waals surface area (Å²) in [5.74, 6) is 0.794. The van der Waals surface area contributed by atoms with E-state index < -0.39 is 11.7 Å². The van der Waals surface area contributed by atoms with Crippen molar-refractivity contribution in [1.29, 1.82) is 0 Å². The van der Waals surface area contributed by atoms with Crippen LogP contribution in [-0.2, 0) is 7.05 Å². The van der Waals surface area contributed by atoms with Crippen LogP contribution < -0.4 is 15.3 Å². The van der Waals surface area contributed by atoms with E-state index in [1.807, 2.05) is 29.2 Å². The lowest BCUT2D eigenvalue weighted by molar-refractivity contribution is 0.196. The maximum Gasteiger partial charge on any atom is 0.338 e. The zero-order chi connectivity index (χ0) is 23.8. The molecule has 34 heavy (non-hydrogen) atoms. The summed E-state index contributed by atoms with van der Waals surface area (Å²) < 4.78 is 21.3. The number of carbonyl (C=O) groups is 1. The largest absolute Gasteiger partial charge is 0.497 e. The summed E-state index contributed by atoms with van der Waals surface area (Å²) in [6, 6.07) is 13.3. The number of hydrogen-bond donors (Lipinski definition) is 0. The van der Waals surface area contributed by atoms with Crippen LogP contribution in [0, 0.1) is 5.82 Å². The van der Waals surface area contributed by atoms with Crippen LogP contribution in [0.2, 0.25) is 0 Å². The third-order valence-corrected chi connectivity index (χ3v) is 6.03. The van der Waals surface area contributed by atoms with Gasteiger partial charge in [0.05, 0.1) is 13.3 Å². The van der Waals surface area contributed by atoms with Crippen LogP contribution >= 0.6 is 0 Å². The first kappa shape index (κ1) is 21.6. The molecular weight excluding hydrogens is 439 g/mol. The molecule has 9 nitrogen and oxygen atoms in total. The minimum Gasteiger partial charge on any atom is -0.497 e. The number of benzene rings is 2. The summed E-state index contributed by atoms with van der Waals surface area (Å²) in [5, 5.41) is 0. The summed E-state index contributed by atoms with van der Waals surface area (Å²) in [6.07, 6.45) is 1.50. The number of rotatable bonds is 3. The highest BCUT2D eigenvalue weighted by Gasteiger charge is 2.27. The van der Waals surface area contributed by atoms with Gasteiger partial charge in [-0.15, -0.1) is 0 Å². The number of carbonyl (C=O) groups excluding carboxylic acids is 1. The summed E-state index contributed by atoms with van der Waals surface area (Å²) in [7, 11) is 3.16. The highest BCUT2D eigenvalue weighted by Crippen LogP contribution is 2.23. The predicted octanol–water partition coefficient (Wildman–Crippen LogP) is 2.74. The number of nitrogens with zero attached hydrogens (tertiary/aromatic N) is 6. The van der Waals surface area contributed by atoms with E-state index in [9.17, 15) is 14.0 Å². The van der Waals surface area contributed by atoms with Gasteiger partial charge < -0.3 is 14.5 Å². The molecule has 1 saturated heterocycles. The lowest BCUT2D eigenvalue weighted by Gasteiger charge is -2.35. The number of amides is 1. The lowest BCUT2D eigenvalue weighted by Crippen LogP contribution is -2.51. The molecule has 0 spiro atoms. The smallest absolute Gasteiger partial charge is 0.338 e. The molecule has 4 aromatic rings. The first-order valence-corrected chi connectivity index (χ1v) is 10.8. The van der Waals surface area contributed by atoms with Crippen LogP contribution in [0.25, 0.3) is 22.6 Å². The number of aromatic nitrogens is 4. The van der Waals surface area contributed by atoms with Crippen LogP contribution in [-0.4, -0.2) is 63.3 Å². The van der Waals surface area contributed by atoms with E-state index in [0.29, 0.717) is 48.9 Å². The molecule has 0 aliphatic carbocycles. The number of methoxy groups -OCH3 is 1. The van der Waals surface area contributed by atoms with Gasteiger partial charge in [-0.05, 0) is 30.3 Å². The molecule has 5 rings (SSSR count). The zero-order valence-electron chi connectivity index (χ0n) is 18.8. The first-order valence-electron chi connectivity index (χ1n) is 10.8. The van der Waals surface area contributed by atoms with Gasteiger partial charge in [0, 0.05) is 44.5 Å². The number of halogens is 1. The number of aryl methyl sites for hydroxylation is 1. The highest BCUT2D eigenvalue weighted by molar-refractivity contribution is 5.88. The molecule has 0 saturated carbocycles. The van der Waals surface area contributed by atoms with Crippen molar-refractivity contribution < 1.29 is 13.9 Å². The Morgan fingerprint density at radius 1 is 1.06 bits per heavy atom. The van der Waals surface area contributed by atoms with Crippen LogP contribution in [0.5, 0.6) is 5.75 Å². The lowest BCUT2D eigenvalue weighted by atomic mass is 10.2. The Balaban J connectivity index is 1.42. The minimum atomic E-state index is -0.482. The number of piperazine rings is 1. The third-order valence-electron chi connectivity index (χ3n) is 6.03. The summed E-state index contributed by atoms with van der Waals surface area (Å²) in [4.78, 5) is 38.9. The molecule has 2 aromatic heterocycles. The Kier molecular flexibility index (Phi) is 5.48. The van der Waals surface area contributed by atoms with E-state index in [-0.39, 0.29) is 5.82 Å². The maximum atomic E-state index is 13.6. The van der Waals surface area contributed by atoms with E-state index in [2.05, 4.69) is 9.97 Å². The van der Waals surface area contributed by atoms with Gasteiger partial charge in [0.25, 0.3) is 0 Å². The minimum absolute atomic E-state index is 0.299. The van der Waals surface area contributed by atoms with Gasteiger partial charge in [-0.1, -0.05) is 18.2 Å². The predicted molar refractivity (Wildman–Crippen MR) is 126 cm³/mol. The van der Waals surface area contributed by atoms with Crippen LogP contribution in [0.1, 0.15) is 0 Å². The SMILES string of the molecule is COc1cccc(-c2ncc3c(n2)n(C)c(=O)n3C(=O)N2CCN(c3cccc(F)c3)CC2)c1. The molecule has 0 bridgehead atoms. The molecule has 174 valence electrons. The standard InChI is InChI=1S/C24H23FN6O3/c1-28-22-20(15-26-21(27-22)16-5-3-8-19(13-16)34-2)31(23(28)32)24(33)30-11-9-29(10-12-30)18-7-4-6-17(25)14-18/h3-8,13-15H,9-12H2,1-2H3. The van der Waals surface area contributed by atoms with Crippen molar-refractivity contribution in [2.75, 3.05) is 38.2 Å². The zero-order valence-corrected chi connectivity index (χ0v) is 18.8. The monoisotopic (exact) mass is 462 g/mol. The van der Waals surface area contributed by atoms with Crippen molar-refractivity contribution in [3.05, 3.63) is 71.0 Å². The van der Waals surface area contributed by atoms with E-state index in [1.165, 1.54) is 22.9 Å². The fourth-order valence-electron chi connectivity index (χ4n) is 4.17. The molecule has 10 heteroatoms. The third kappa shape index (κ3) is 3.76. The number of imidazole rings is 1. The Morgan fingerprint density at radius 2 is 1.82 bits per heavy atom. The van der Waals surface area contributed by atoms with Crippen molar-refractivity contribution in [3.8, 4) is 17.1 Å². The molecule has 1 aliphatic rings. The van der Waals surface area contributed by atoms with Gasteiger partial charge >= 0.3 is 11.7 Å². The highest BCUT2D eigenvalue weighted by atomic mass is 19.1. The van der Waals surface area contributed by atoms with Crippen LogP contribution in [0.4, 0.5) is 14.9 Å². The fourth-order valence-corrected chi connectivity index (χ4v) is 4.17. The van der Waals surface area contributed by atoms with Crippen molar-refractivity contribution in [1.82, 2.24) is 24.0 Å². The van der Waals surface area contributed by atoms with Crippen LogP contribution in [0.3, 0.4) is 0 Å². The van der Waals surface area contributed by atoms with E-state index in [4.69, 9.17) is 4.74 Å². The molecule has 1 aliphatic heterocycles. The Bertz CT molecular complexity index is 1440. The molecule has 0 atom stereocenters. The molecule has 1 amide bonds. The molecule has 2 aromatic carbocycles. The normalized spacial score (nSPS) is 14.0. The molecule has 1 fully saturated rings. The second kappa shape index (κ2) is 8.62. The van der Waals surface area contributed by atoms with Crippen molar-refractivity contribution in [2.24, 2.45) is 7.05 Å². The average molecular weight is 462 g/mol.